The van der Waals surface area contributed by atoms with Crippen molar-refractivity contribution in [3.8, 4) is 22.3 Å². The van der Waals surface area contributed by atoms with Crippen molar-refractivity contribution in [2.45, 2.75) is 33.3 Å². The summed E-state index contributed by atoms with van der Waals surface area (Å²) in [7, 11) is 0. The first-order valence-corrected chi connectivity index (χ1v) is 11.5. The highest BCUT2D eigenvalue weighted by atomic mass is 32.1. The number of anilines is 1. The highest BCUT2D eigenvalue weighted by Crippen LogP contribution is 2.35. The number of furan rings is 1. The van der Waals surface area contributed by atoms with Gasteiger partial charge >= 0.3 is 5.97 Å². The monoisotopic (exact) mass is 459 g/mol. The van der Waals surface area contributed by atoms with E-state index in [2.05, 4.69) is 5.32 Å². The Bertz CT molecular complexity index is 1300. The number of carbonyl (C=O) groups excluding carboxylic acids is 2. The molecule has 0 spiro atoms. The molecule has 5 nitrogen and oxygen atoms in total. The summed E-state index contributed by atoms with van der Waals surface area (Å²) in [6.45, 7) is 7.50. The van der Waals surface area contributed by atoms with Crippen molar-refractivity contribution in [1.29, 1.82) is 0 Å². The third kappa shape index (κ3) is 5.23. The summed E-state index contributed by atoms with van der Waals surface area (Å²) in [5.41, 5.74) is 5.37. The second-order valence-corrected chi connectivity index (χ2v) is 9.54. The molecule has 0 aliphatic heterocycles. The molecular weight excluding hydrogens is 434 g/mol. The number of thiophene rings is 1. The molecule has 1 amide bonds. The molecule has 0 aliphatic carbocycles. The second-order valence-electron chi connectivity index (χ2n) is 8.80. The molecule has 0 saturated heterocycles. The van der Waals surface area contributed by atoms with E-state index in [0.29, 0.717) is 16.8 Å². The first-order valence-electron chi connectivity index (χ1n) is 10.6. The topological polar surface area (TPSA) is 68.5 Å². The zero-order valence-electron chi connectivity index (χ0n) is 19.0. The predicted molar refractivity (Wildman–Crippen MR) is 132 cm³/mol. The number of hydrogen-bond donors (Lipinski definition) is 1. The van der Waals surface area contributed by atoms with Gasteiger partial charge in [-0.1, -0.05) is 23.8 Å². The Kier molecular flexibility index (Phi) is 6.20. The molecule has 0 fully saturated rings. The maximum atomic E-state index is 13.1. The molecule has 6 heteroatoms. The minimum absolute atomic E-state index is 0.237. The summed E-state index contributed by atoms with van der Waals surface area (Å²) >= 11 is 1.42. The standard InChI is InChI=1S/C27H25NO4S/c1-17-8-9-24(21(12-17)22-15-33-16-23(22)26(30)32-27(2,3)4)28-25(29)19-7-5-6-18(13-19)20-10-11-31-14-20/h5-16H,1-4H3,(H,28,29). The number of rotatable bonds is 5. The molecule has 33 heavy (non-hydrogen) atoms. The van der Waals surface area contributed by atoms with Gasteiger partial charge < -0.3 is 14.5 Å². The van der Waals surface area contributed by atoms with Gasteiger partial charge in [0, 0.05) is 33.3 Å². The van der Waals surface area contributed by atoms with Gasteiger partial charge in [-0.15, -0.1) is 0 Å². The molecule has 0 bridgehead atoms. The summed E-state index contributed by atoms with van der Waals surface area (Å²) in [6, 6.07) is 15.0. The lowest BCUT2D eigenvalue weighted by molar-refractivity contribution is 0.00709. The lowest BCUT2D eigenvalue weighted by atomic mass is 9.99. The van der Waals surface area contributed by atoms with Crippen LogP contribution >= 0.6 is 11.3 Å². The van der Waals surface area contributed by atoms with Crippen LogP contribution in [0.3, 0.4) is 0 Å². The average Bonchev–Trinajstić information content (AvgIpc) is 3.46. The quantitative estimate of drug-likeness (QED) is 0.321. The van der Waals surface area contributed by atoms with Crippen molar-refractivity contribution in [1.82, 2.24) is 0 Å². The number of benzene rings is 2. The number of amides is 1. The largest absolute Gasteiger partial charge is 0.472 e. The van der Waals surface area contributed by atoms with Gasteiger partial charge in [-0.2, -0.15) is 11.3 Å². The number of ether oxygens (including phenoxy) is 1. The van der Waals surface area contributed by atoms with Crippen LogP contribution < -0.4 is 5.32 Å². The van der Waals surface area contributed by atoms with Gasteiger partial charge in [0.25, 0.3) is 5.91 Å². The third-order valence-corrected chi connectivity index (χ3v) is 5.72. The van der Waals surface area contributed by atoms with E-state index in [1.165, 1.54) is 11.3 Å². The molecule has 0 atom stereocenters. The van der Waals surface area contributed by atoms with Crippen molar-refractivity contribution in [2.75, 3.05) is 5.32 Å². The molecule has 0 unspecified atom stereocenters. The van der Waals surface area contributed by atoms with E-state index in [9.17, 15) is 9.59 Å². The normalized spacial score (nSPS) is 11.3. The van der Waals surface area contributed by atoms with Gasteiger partial charge in [-0.3, -0.25) is 4.79 Å². The minimum atomic E-state index is -0.597. The van der Waals surface area contributed by atoms with Crippen molar-refractivity contribution >= 4 is 28.9 Å². The highest BCUT2D eigenvalue weighted by Gasteiger charge is 2.23. The Balaban J connectivity index is 1.66. The molecule has 2 heterocycles. The zero-order valence-corrected chi connectivity index (χ0v) is 19.8. The summed E-state index contributed by atoms with van der Waals surface area (Å²) in [5, 5.41) is 6.71. The van der Waals surface area contributed by atoms with Crippen LogP contribution in [0.15, 0.2) is 76.2 Å². The fraction of sp³-hybridized carbons (Fsp3) is 0.185. The first kappa shape index (κ1) is 22.6. The molecule has 4 aromatic rings. The molecule has 2 aromatic heterocycles. The van der Waals surface area contributed by atoms with E-state index in [4.69, 9.17) is 9.15 Å². The molecule has 0 radical (unpaired) electrons. The van der Waals surface area contributed by atoms with Gasteiger partial charge in [-0.05, 0) is 69.0 Å². The van der Waals surface area contributed by atoms with Crippen LogP contribution in [0.1, 0.15) is 47.1 Å². The molecule has 4 rings (SSSR count). The van der Waals surface area contributed by atoms with E-state index in [1.54, 1.807) is 24.0 Å². The summed E-state index contributed by atoms with van der Waals surface area (Å²) < 4.78 is 10.7. The maximum absolute atomic E-state index is 13.1. The Morgan fingerprint density at radius 1 is 0.970 bits per heavy atom. The van der Waals surface area contributed by atoms with Crippen LogP contribution in [0.5, 0.6) is 0 Å². The van der Waals surface area contributed by atoms with Gasteiger partial charge in [0.1, 0.15) is 5.60 Å². The van der Waals surface area contributed by atoms with Gasteiger partial charge in [0.15, 0.2) is 0 Å². The molecular formula is C27H25NO4S. The predicted octanol–water partition coefficient (Wildman–Crippen LogP) is 7.19. The molecule has 2 aromatic carbocycles. The van der Waals surface area contributed by atoms with Gasteiger partial charge in [0.05, 0.1) is 18.1 Å². The van der Waals surface area contributed by atoms with Crippen LogP contribution in [-0.4, -0.2) is 17.5 Å². The summed E-state index contributed by atoms with van der Waals surface area (Å²) in [4.78, 5) is 25.9. The lowest BCUT2D eigenvalue weighted by Crippen LogP contribution is -2.24. The Morgan fingerprint density at radius 2 is 1.79 bits per heavy atom. The number of carbonyl (C=O) groups is 2. The van der Waals surface area contributed by atoms with Crippen molar-refractivity contribution in [3.05, 3.63) is 88.5 Å². The fourth-order valence-electron chi connectivity index (χ4n) is 3.45. The number of nitrogens with one attached hydrogen (secondary N) is 1. The van der Waals surface area contributed by atoms with E-state index >= 15 is 0 Å². The molecule has 0 aliphatic rings. The highest BCUT2D eigenvalue weighted by molar-refractivity contribution is 7.08. The van der Waals surface area contributed by atoms with Crippen LogP contribution in [0.2, 0.25) is 0 Å². The Hall–Kier alpha value is -3.64. The SMILES string of the molecule is Cc1ccc(NC(=O)c2cccc(-c3ccoc3)c2)c(-c2cscc2C(=O)OC(C)(C)C)c1. The second kappa shape index (κ2) is 9.08. The zero-order chi connectivity index (χ0) is 23.6. The van der Waals surface area contributed by atoms with Gasteiger partial charge in [-0.25, -0.2) is 4.79 Å². The molecule has 168 valence electrons. The van der Waals surface area contributed by atoms with Crippen molar-refractivity contribution < 1.29 is 18.7 Å². The first-order chi connectivity index (χ1) is 15.7. The summed E-state index contributed by atoms with van der Waals surface area (Å²) in [5.74, 6) is -0.621. The van der Waals surface area contributed by atoms with E-state index in [-0.39, 0.29) is 11.9 Å². The average molecular weight is 460 g/mol. The Labute approximate surface area is 197 Å². The van der Waals surface area contributed by atoms with Crippen molar-refractivity contribution in [2.24, 2.45) is 0 Å². The van der Waals surface area contributed by atoms with Crippen LogP contribution in [0.4, 0.5) is 5.69 Å². The molecule has 0 saturated carbocycles. The lowest BCUT2D eigenvalue weighted by Gasteiger charge is -2.20. The van der Waals surface area contributed by atoms with E-state index in [0.717, 1.165) is 27.8 Å². The maximum Gasteiger partial charge on any atom is 0.340 e. The van der Waals surface area contributed by atoms with E-state index in [1.807, 2.05) is 75.5 Å². The number of hydrogen-bond acceptors (Lipinski definition) is 5. The van der Waals surface area contributed by atoms with Gasteiger partial charge in [0.2, 0.25) is 0 Å². The third-order valence-electron chi connectivity index (χ3n) is 4.97. The smallest absolute Gasteiger partial charge is 0.340 e. The molecule has 1 N–H and O–H groups in total. The summed E-state index contributed by atoms with van der Waals surface area (Å²) in [6.07, 6.45) is 3.24. The van der Waals surface area contributed by atoms with Crippen LogP contribution in [0.25, 0.3) is 22.3 Å². The number of esters is 1. The van der Waals surface area contributed by atoms with E-state index < -0.39 is 5.60 Å². The van der Waals surface area contributed by atoms with Crippen LogP contribution in [-0.2, 0) is 4.74 Å². The van der Waals surface area contributed by atoms with Crippen LogP contribution in [0, 0.1) is 6.92 Å². The Morgan fingerprint density at radius 3 is 2.52 bits per heavy atom. The van der Waals surface area contributed by atoms with Crippen molar-refractivity contribution in [3.63, 3.8) is 0 Å². The fourth-order valence-corrected chi connectivity index (χ4v) is 4.27. The number of aryl methyl sites for hydroxylation is 1. The minimum Gasteiger partial charge on any atom is -0.472 e.